The first kappa shape index (κ1) is 10.2. The van der Waals surface area contributed by atoms with Crippen LogP contribution in [0, 0.1) is 6.92 Å². The van der Waals surface area contributed by atoms with Crippen molar-refractivity contribution in [2.24, 2.45) is 5.73 Å². The largest absolute Gasteiger partial charge is 0.366 e. The quantitative estimate of drug-likeness (QED) is 0.779. The summed E-state index contributed by atoms with van der Waals surface area (Å²) in [5.41, 5.74) is 6.31. The van der Waals surface area contributed by atoms with Gasteiger partial charge in [-0.2, -0.15) is 0 Å². The van der Waals surface area contributed by atoms with E-state index >= 15 is 0 Å². The smallest absolute Gasteiger partial charge is 0.248 e. The molecule has 0 unspecified atom stereocenters. The van der Waals surface area contributed by atoms with E-state index in [1.807, 2.05) is 0 Å². The number of hydrogen-bond acceptors (Lipinski definition) is 5. The van der Waals surface area contributed by atoms with Gasteiger partial charge >= 0.3 is 0 Å². The number of benzene rings is 1. The number of aromatic nitrogens is 4. The predicted molar refractivity (Wildman–Crippen MR) is 56.3 cm³/mol. The van der Waals surface area contributed by atoms with Crippen LogP contribution in [-0.4, -0.2) is 26.3 Å². The molecule has 6 heteroatoms. The number of carbonyl (C=O) groups is 1. The van der Waals surface area contributed by atoms with Crippen LogP contribution in [0.15, 0.2) is 24.3 Å². The van der Waals surface area contributed by atoms with E-state index in [-0.39, 0.29) is 0 Å². The molecule has 1 aromatic heterocycles. The van der Waals surface area contributed by atoms with E-state index in [0.29, 0.717) is 17.2 Å². The van der Waals surface area contributed by atoms with Gasteiger partial charge < -0.3 is 5.73 Å². The monoisotopic (exact) mass is 215 g/mol. The van der Waals surface area contributed by atoms with Crippen molar-refractivity contribution in [2.75, 3.05) is 0 Å². The zero-order valence-corrected chi connectivity index (χ0v) is 8.58. The predicted octanol–water partition coefficient (Wildman–Crippen LogP) is 0.341. The second kappa shape index (κ2) is 4.01. The Morgan fingerprint density at radius 1 is 1.06 bits per heavy atom. The second-order valence-corrected chi connectivity index (χ2v) is 3.21. The lowest BCUT2D eigenvalue weighted by Gasteiger charge is -1.99. The van der Waals surface area contributed by atoms with Crippen molar-refractivity contribution in [1.29, 1.82) is 0 Å². The Morgan fingerprint density at radius 3 is 2.12 bits per heavy atom. The molecular formula is C10H9N5O. The Balaban J connectivity index is 2.34. The fourth-order valence-corrected chi connectivity index (χ4v) is 1.18. The minimum absolute atomic E-state index is 0.418. The van der Waals surface area contributed by atoms with Crippen molar-refractivity contribution >= 4 is 5.91 Å². The number of nitrogens with zero attached hydrogens (tertiary/aromatic N) is 4. The van der Waals surface area contributed by atoms with Gasteiger partial charge in [-0.25, -0.2) is 0 Å². The second-order valence-electron chi connectivity index (χ2n) is 3.21. The molecular weight excluding hydrogens is 206 g/mol. The van der Waals surface area contributed by atoms with Gasteiger partial charge in [0.15, 0.2) is 5.82 Å². The van der Waals surface area contributed by atoms with Gasteiger partial charge in [-0.1, -0.05) is 12.1 Å². The van der Waals surface area contributed by atoms with Crippen LogP contribution >= 0.6 is 0 Å². The third kappa shape index (κ3) is 2.00. The molecule has 0 fully saturated rings. The molecule has 1 heterocycles. The van der Waals surface area contributed by atoms with Crippen LogP contribution in [-0.2, 0) is 0 Å². The molecule has 0 spiro atoms. The summed E-state index contributed by atoms with van der Waals surface area (Å²) in [5.74, 6) is 0.465. The molecule has 2 N–H and O–H groups in total. The molecule has 0 radical (unpaired) electrons. The van der Waals surface area contributed by atoms with E-state index in [2.05, 4.69) is 20.4 Å². The Labute approximate surface area is 91.5 Å². The molecule has 1 aromatic carbocycles. The number of primary amides is 1. The lowest BCUT2D eigenvalue weighted by molar-refractivity contribution is 0.100. The molecule has 80 valence electrons. The minimum Gasteiger partial charge on any atom is -0.366 e. The van der Waals surface area contributed by atoms with E-state index in [1.54, 1.807) is 31.2 Å². The summed E-state index contributed by atoms with van der Waals surface area (Å²) in [4.78, 5) is 10.9. The standard InChI is InChI=1S/C10H9N5O/c1-6-12-14-10(15-13-6)8-4-2-7(3-5-8)9(11)16/h2-5H,1H3,(H2,11,16). The number of aryl methyl sites for hydroxylation is 1. The summed E-state index contributed by atoms with van der Waals surface area (Å²) >= 11 is 0. The fourth-order valence-electron chi connectivity index (χ4n) is 1.18. The zero-order valence-electron chi connectivity index (χ0n) is 8.58. The van der Waals surface area contributed by atoms with Crippen molar-refractivity contribution in [1.82, 2.24) is 20.4 Å². The highest BCUT2D eigenvalue weighted by atomic mass is 16.1. The molecule has 0 saturated heterocycles. The van der Waals surface area contributed by atoms with Crippen LogP contribution in [0.1, 0.15) is 16.2 Å². The minimum atomic E-state index is -0.465. The molecule has 2 aromatic rings. The van der Waals surface area contributed by atoms with Crippen LogP contribution in [0.25, 0.3) is 11.4 Å². The van der Waals surface area contributed by atoms with E-state index in [9.17, 15) is 4.79 Å². The highest BCUT2D eigenvalue weighted by Crippen LogP contribution is 2.13. The maximum absolute atomic E-state index is 10.9. The molecule has 0 aliphatic heterocycles. The van der Waals surface area contributed by atoms with Gasteiger partial charge in [0.25, 0.3) is 0 Å². The molecule has 1 amide bonds. The van der Waals surface area contributed by atoms with E-state index in [1.165, 1.54) is 0 Å². The highest BCUT2D eigenvalue weighted by Gasteiger charge is 2.04. The molecule has 6 nitrogen and oxygen atoms in total. The van der Waals surface area contributed by atoms with E-state index < -0.39 is 5.91 Å². The highest BCUT2D eigenvalue weighted by molar-refractivity contribution is 5.93. The van der Waals surface area contributed by atoms with Gasteiger partial charge in [0.05, 0.1) is 0 Å². The molecule has 0 bridgehead atoms. The number of carbonyl (C=O) groups excluding carboxylic acids is 1. The Bertz CT molecular complexity index is 506. The topological polar surface area (TPSA) is 94.7 Å². The number of hydrogen-bond donors (Lipinski definition) is 1. The summed E-state index contributed by atoms with van der Waals surface area (Å²) in [7, 11) is 0. The van der Waals surface area contributed by atoms with Crippen molar-refractivity contribution in [3.8, 4) is 11.4 Å². The van der Waals surface area contributed by atoms with Crippen molar-refractivity contribution in [2.45, 2.75) is 6.92 Å². The summed E-state index contributed by atoms with van der Waals surface area (Å²) in [6, 6.07) is 6.63. The van der Waals surface area contributed by atoms with Crippen LogP contribution in [0.5, 0.6) is 0 Å². The Morgan fingerprint density at radius 2 is 1.62 bits per heavy atom. The van der Waals surface area contributed by atoms with Gasteiger partial charge in [0.1, 0.15) is 0 Å². The Hall–Kier alpha value is -2.37. The number of nitrogens with two attached hydrogens (primary N) is 1. The SMILES string of the molecule is Cc1nnc(-c2ccc(C(N)=O)cc2)nn1. The molecule has 16 heavy (non-hydrogen) atoms. The lowest BCUT2D eigenvalue weighted by Crippen LogP contribution is -2.10. The maximum atomic E-state index is 10.9. The van der Waals surface area contributed by atoms with Crippen molar-refractivity contribution in [3.63, 3.8) is 0 Å². The van der Waals surface area contributed by atoms with Gasteiger partial charge in [-0.15, -0.1) is 20.4 Å². The van der Waals surface area contributed by atoms with Gasteiger partial charge in [-0.3, -0.25) is 4.79 Å². The molecule has 0 aliphatic carbocycles. The zero-order chi connectivity index (χ0) is 11.5. The van der Waals surface area contributed by atoms with Crippen LogP contribution in [0.4, 0.5) is 0 Å². The van der Waals surface area contributed by atoms with Crippen LogP contribution < -0.4 is 5.73 Å². The van der Waals surface area contributed by atoms with E-state index in [4.69, 9.17) is 5.73 Å². The van der Waals surface area contributed by atoms with Gasteiger partial charge in [-0.05, 0) is 19.1 Å². The third-order valence-electron chi connectivity index (χ3n) is 2.01. The van der Waals surface area contributed by atoms with Crippen molar-refractivity contribution < 1.29 is 4.79 Å². The summed E-state index contributed by atoms with van der Waals surface area (Å²) in [6.07, 6.45) is 0. The fraction of sp³-hybridized carbons (Fsp3) is 0.100. The van der Waals surface area contributed by atoms with Gasteiger partial charge in [0.2, 0.25) is 11.7 Å². The van der Waals surface area contributed by atoms with Crippen molar-refractivity contribution in [3.05, 3.63) is 35.7 Å². The van der Waals surface area contributed by atoms with Gasteiger partial charge in [0, 0.05) is 11.1 Å². The Kier molecular flexibility index (Phi) is 2.55. The summed E-state index contributed by atoms with van der Waals surface area (Å²) in [5, 5.41) is 15.4. The first-order valence-corrected chi connectivity index (χ1v) is 4.61. The first-order chi connectivity index (χ1) is 7.66. The van der Waals surface area contributed by atoms with Crippen LogP contribution in [0.3, 0.4) is 0 Å². The molecule has 0 atom stereocenters. The number of rotatable bonds is 2. The molecule has 0 aliphatic rings. The van der Waals surface area contributed by atoms with E-state index in [0.717, 1.165) is 5.56 Å². The number of amides is 1. The third-order valence-corrected chi connectivity index (χ3v) is 2.01. The summed E-state index contributed by atoms with van der Waals surface area (Å²) in [6.45, 7) is 1.71. The maximum Gasteiger partial charge on any atom is 0.248 e. The normalized spacial score (nSPS) is 10.1. The first-order valence-electron chi connectivity index (χ1n) is 4.61. The molecule has 0 saturated carbocycles. The lowest BCUT2D eigenvalue weighted by atomic mass is 10.1. The average Bonchev–Trinajstić information content (AvgIpc) is 2.30. The van der Waals surface area contributed by atoms with Crippen LogP contribution in [0.2, 0.25) is 0 Å². The average molecular weight is 215 g/mol. The summed E-state index contributed by atoms with van der Waals surface area (Å²) < 4.78 is 0. The molecule has 2 rings (SSSR count).